The van der Waals surface area contributed by atoms with Gasteiger partial charge in [-0.15, -0.1) is 0 Å². The first-order chi connectivity index (χ1) is 29.8. The lowest BCUT2D eigenvalue weighted by Crippen LogP contribution is -2.69. The van der Waals surface area contributed by atoms with Gasteiger partial charge in [0.1, 0.15) is 0 Å². The van der Waals surface area contributed by atoms with E-state index >= 15 is 0 Å². The lowest BCUT2D eigenvalue weighted by molar-refractivity contribution is -0.414. The van der Waals surface area contributed by atoms with Crippen molar-refractivity contribution in [2.75, 3.05) is 13.2 Å². The number of nitrogens with zero attached hydrogens (tertiary/aromatic N) is 1. The number of hydrogen-bond acceptors (Lipinski definition) is 6. The van der Waals surface area contributed by atoms with Crippen molar-refractivity contribution in [1.82, 2.24) is 4.57 Å². The van der Waals surface area contributed by atoms with E-state index in [0.29, 0.717) is 0 Å². The van der Waals surface area contributed by atoms with Crippen molar-refractivity contribution in [2.45, 2.75) is 103 Å². The maximum Gasteiger partial charge on any atom is 0.384 e. The Morgan fingerprint density at radius 3 is 1.31 bits per heavy atom. The molecule has 67 heavy (non-hydrogen) atoms. The molecule has 0 amide bonds. The third-order valence-electron chi connectivity index (χ3n) is 9.63. The van der Waals surface area contributed by atoms with E-state index in [1.54, 1.807) is 0 Å². The third-order valence-corrected chi connectivity index (χ3v) is 10.5. The highest BCUT2D eigenvalue weighted by atomic mass is 32.2. The summed E-state index contributed by atoms with van der Waals surface area (Å²) in [5, 5.41) is 22.2. The molecule has 382 valence electrons. The van der Waals surface area contributed by atoms with Crippen LogP contribution in [0.25, 0.3) is 5.69 Å². The highest BCUT2D eigenvalue weighted by Gasteiger charge is 2.89. The molecule has 1 aromatic heterocycles. The second-order valence-corrected chi connectivity index (χ2v) is 15.4. The summed E-state index contributed by atoms with van der Waals surface area (Å²) in [5.41, 5.74) is -1.81. The molecule has 2 aromatic carbocycles. The molecule has 1 heterocycles. The smallest absolute Gasteiger partial charge is 0.384 e. The van der Waals surface area contributed by atoms with Crippen molar-refractivity contribution in [3.8, 4) is 28.9 Å². The van der Waals surface area contributed by atoms with E-state index in [0.717, 1.165) is 31.2 Å². The van der Waals surface area contributed by atoms with Crippen LogP contribution >= 0.6 is 0 Å². The summed E-state index contributed by atoms with van der Waals surface area (Å²) in [7, 11) is -4.79. The van der Waals surface area contributed by atoms with Crippen LogP contribution < -0.4 is 9.47 Å². The standard InChI is InChI=1S/C34H25F24NO7S/c1-3-17(14-4-7-16(8-5-14)67(62,63)64)20-13(2)21(60)59(22(20)61)15-6-9-18(65-11-25(39,40)29(47,48)33(55,56)31(51,52)27(43,44)23(35)36)19(10-15)66-12-26(41,42)30(49,50)34(57,58)32(53,54)28(45,46)24(37)38/h4-10,17,23-24,60-61H,3,11-12H2,1-2H3,(H,62,63,64). The van der Waals surface area contributed by atoms with Gasteiger partial charge in [0.05, 0.1) is 10.6 Å². The minimum atomic E-state index is -8.21. The fraction of sp³-hybridized carbons (Fsp3) is 0.529. The Hall–Kier alpha value is -4.85. The van der Waals surface area contributed by atoms with Gasteiger partial charge in [0.25, 0.3) is 10.1 Å². The van der Waals surface area contributed by atoms with Crippen LogP contribution in [0.3, 0.4) is 0 Å². The van der Waals surface area contributed by atoms with Crippen LogP contribution in [0.2, 0.25) is 0 Å². The number of rotatable bonds is 21. The van der Waals surface area contributed by atoms with E-state index in [9.17, 15) is 129 Å². The predicted octanol–water partition coefficient (Wildman–Crippen LogP) is 11.6. The predicted molar refractivity (Wildman–Crippen MR) is 175 cm³/mol. The number of aromatic hydroxyl groups is 2. The molecule has 1 atom stereocenters. The molecule has 3 rings (SSSR count). The lowest BCUT2D eigenvalue weighted by atomic mass is 9.88. The first-order valence-electron chi connectivity index (χ1n) is 17.3. The average molecular weight is 1050 g/mol. The van der Waals surface area contributed by atoms with Gasteiger partial charge in [0.2, 0.25) is 11.8 Å². The van der Waals surface area contributed by atoms with E-state index < -0.39 is 141 Å². The monoisotopic (exact) mass is 1050 g/mol. The maximum absolute atomic E-state index is 14.8. The van der Waals surface area contributed by atoms with Crippen molar-refractivity contribution < 1.29 is 138 Å². The van der Waals surface area contributed by atoms with E-state index in [1.807, 2.05) is 0 Å². The topological polar surface area (TPSA) is 118 Å². The molecule has 0 bridgehead atoms. The maximum atomic E-state index is 14.8. The lowest BCUT2D eigenvalue weighted by Gasteiger charge is -2.39. The Kier molecular flexibility index (Phi) is 14.8. The molecule has 8 nitrogen and oxygen atoms in total. The Morgan fingerprint density at radius 1 is 0.567 bits per heavy atom. The number of ether oxygens (including phenoxy) is 2. The fourth-order valence-corrected chi connectivity index (χ4v) is 6.23. The van der Waals surface area contributed by atoms with Crippen molar-refractivity contribution in [1.29, 1.82) is 0 Å². The Morgan fingerprint density at radius 2 is 0.955 bits per heavy atom. The van der Waals surface area contributed by atoms with Gasteiger partial charge in [-0.3, -0.25) is 9.12 Å². The van der Waals surface area contributed by atoms with Gasteiger partial charge >= 0.3 is 72.1 Å². The molecule has 0 radical (unpaired) electrons. The number of hydrogen-bond donors (Lipinski definition) is 3. The van der Waals surface area contributed by atoms with Gasteiger partial charge in [0.15, 0.2) is 24.7 Å². The molecule has 3 aromatic rings. The molecule has 0 aliphatic carbocycles. The average Bonchev–Trinajstić information content (AvgIpc) is 3.41. The molecule has 0 fully saturated rings. The summed E-state index contributed by atoms with van der Waals surface area (Å²) in [6.07, 6.45) is -12.0. The van der Waals surface area contributed by atoms with E-state index in [2.05, 4.69) is 9.47 Å². The zero-order valence-electron chi connectivity index (χ0n) is 32.3. The van der Waals surface area contributed by atoms with Crippen LogP contribution in [0, 0.1) is 6.92 Å². The number of benzene rings is 2. The molecule has 0 saturated heterocycles. The minimum Gasteiger partial charge on any atom is -0.494 e. The normalized spacial score (nSPS) is 15.1. The van der Waals surface area contributed by atoms with Crippen molar-refractivity contribution in [3.05, 3.63) is 59.2 Å². The van der Waals surface area contributed by atoms with E-state index in [-0.39, 0.29) is 40.3 Å². The van der Waals surface area contributed by atoms with Gasteiger partial charge < -0.3 is 19.7 Å². The Labute approximate surface area is 357 Å². The largest absolute Gasteiger partial charge is 0.494 e. The number of alkyl halides is 24. The molecule has 0 saturated carbocycles. The van der Waals surface area contributed by atoms with Crippen LogP contribution in [-0.4, -0.2) is 113 Å². The summed E-state index contributed by atoms with van der Waals surface area (Å²) < 4.78 is 371. The van der Waals surface area contributed by atoms with E-state index in [4.69, 9.17) is 0 Å². The quantitative estimate of drug-likeness (QED) is 0.0718. The summed E-state index contributed by atoms with van der Waals surface area (Å²) in [4.78, 5) is -0.671. The van der Waals surface area contributed by atoms with Gasteiger partial charge in [-0.2, -0.15) is 96.2 Å². The summed E-state index contributed by atoms with van der Waals surface area (Å²) in [6.45, 7) is -4.91. The van der Waals surface area contributed by atoms with Crippen molar-refractivity contribution >= 4 is 10.1 Å². The van der Waals surface area contributed by atoms with Gasteiger partial charge in [-0.1, -0.05) is 19.1 Å². The molecular weight excluding hydrogens is 1020 g/mol. The first kappa shape index (κ1) is 56.5. The SMILES string of the molecule is CCC(c1ccc(S(=O)(=O)O)cc1)c1c(C)c(O)n(-c2ccc(OCC(F)(F)C(F)(F)C(F)(F)C(F)(F)C(F)(F)C(F)F)c(OCC(F)(F)C(F)(F)C(F)(F)C(F)(F)C(F)(F)C(F)F)c2)c1O. The zero-order valence-corrected chi connectivity index (χ0v) is 33.1. The fourth-order valence-electron chi connectivity index (χ4n) is 5.75. The number of halogens is 24. The molecule has 0 aliphatic heterocycles. The third kappa shape index (κ3) is 9.00. The second-order valence-electron chi connectivity index (χ2n) is 13.9. The van der Waals surface area contributed by atoms with Gasteiger partial charge in [-0.05, 0) is 43.2 Å². The second kappa shape index (κ2) is 17.6. The van der Waals surface area contributed by atoms with Crippen LogP contribution in [0.1, 0.15) is 36.0 Å². The Bertz CT molecular complexity index is 2370. The molecule has 0 aliphatic rings. The number of aromatic nitrogens is 1. The first-order valence-corrected chi connectivity index (χ1v) is 18.7. The van der Waals surface area contributed by atoms with Crippen molar-refractivity contribution in [3.63, 3.8) is 0 Å². The van der Waals surface area contributed by atoms with Crippen LogP contribution in [0.4, 0.5) is 105 Å². The molecule has 3 N–H and O–H groups in total. The zero-order chi connectivity index (χ0) is 52.5. The molecule has 33 heteroatoms. The van der Waals surface area contributed by atoms with E-state index in [1.165, 1.54) is 6.92 Å². The molecule has 0 spiro atoms. The highest BCUT2D eigenvalue weighted by Crippen LogP contribution is 2.60. The van der Waals surface area contributed by atoms with Gasteiger partial charge in [-0.25, -0.2) is 17.6 Å². The molecular formula is C34H25F24NO7S. The summed E-state index contributed by atoms with van der Waals surface area (Å²) in [6, 6.07) is 3.74. The van der Waals surface area contributed by atoms with Crippen LogP contribution in [-0.2, 0) is 10.1 Å². The Balaban J connectivity index is 2.25. The van der Waals surface area contributed by atoms with Gasteiger partial charge in [0, 0.05) is 23.1 Å². The minimum absolute atomic E-state index is 0.0640. The highest BCUT2D eigenvalue weighted by molar-refractivity contribution is 7.85. The van der Waals surface area contributed by atoms with Crippen LogP contribution in [0.15, 0.2) is 47.4 Å². The summed E-state index contributed by atoms with van der Waals surface area (Å²) in [5.74, 6) is -85.3. The van der Waals surface area contributed by atoms with Crippen molar-refractivity contribution in [2.24, 2.45) is 0 Å². The van der Waals surface area contributed by atoms with Crippen LogP contribution in [0.5, 0.6) is 23.3 Å². The summed E-state index contributed by atoms with van der Waals surface area (Å²) >= 11 is 0. The molecule has 1 unspecified atom stereocenters.